The van der Waals surface area contributed by atoms with Crippen LogP contribution in [0.4, 0.5) is 5.69 Å². The molecule has 1 atom stereocenters. The van der Waals surface area contributed by atoms with E-state index in [1.807, 2.05) is 12.1 Å². The number of halogens is 2. The van der Waals surface area contributed by atoms with Crippen LogP contribution in [-0.4, -0.2) is 19.9 Å². The summed E-state index contributed by atoms with van der Waals surface area (Å²) in [6.45, 7) is 10.7. The highest BCUT2D eigenvalue weighted by molar-refractivity contribution is 6.48. The van der Waals surface area contributed by atoms with E-state index in [1.54, 1.807) is 18.3 Å². The van der Waals surface area contributed by atoms with Crippen molar-refractivity contribution in [3.8, 4) is 0 Å². The van der Waals surface area contributed by atoms with Crippen LogP contribution in [0.2, 0.25) is 23.1 Å². The number of hydrogen-bond acceptors (Lipinski definition) is 3. The van der Waals surface area contributed by atoms with E-state index in [2.05, 4.69) is 44.2 Å². The fraction of sp³-hybridized carbons (Fsp3) is 0.368. The summed E-state index contributed by atoms with van der Waals surface area (Å²) >= 11 is 11.8. The number of amides is 1. The zero-order valence-corrected chi connectivity index (χ0v) is 18.3. The van der Waals surface area contributed by atoms with Gasteiger partial charge in [0.25, 0.3) is 5.91 Å². The van der Waals surface area contributed by atoms with E-state index < -0.39 is 9.04 Å². The topological polar surface area (TPSA) is 51.2 Å². The van der Waals surface area contributed by atoms with Gasteiger partial charge in [-0.2, -0.15) is 0 Å². The van der Waals surface area contributed by atoms with Crippen molar-refractivity contribution in [3.05, 3.63) is 57.8 Å². The van der Waals surface area contributed by atoms with Gasteiger partial charge >= 0.3 is 0 Å². The zero-order chi connectivity index (χ0) is 19.5. The molecule has 7 heteroatoms. The molecule has 1 unspecified atom stereocenters. The number of anilines is 1. The number of benzene rings is 1. The minimum Gasteiger partial charge on any atom is -0.412 e. The molecule has 1 amide bonds. The third kappa shape index (κ3) is 5.55. The van der Waals surface area contributed by atoms with Gasteiger partial charge in [-0.25, -0.2) is 0 Å². The monoisotopic (exact) mass is 410 g/mol. The van der Waals surface area contributed by atoms with Crippen molar-refractivity contribution < 1.29 is 9.22 Å². The fourth-order valence-corrected chi connectivity index (χ4v) is 3.85. The highest BCUT2D eigenvalue weighted by atomic mass is 35.5. The van der Waals surface area contributed by atoms with Crippen molar-refractivity contribution in [1.29, 1.82) is 0 Å². The van der Waals surface area contributed by atoms with E-state index in [4.69, 9.17) is 27.6 Å². The second kappa shape index (κ2) is 8.52. The number of nitrogens with zero attached hydrogens (tertiary/aromatic N) is 1. The maximum atomic E-state index is 12.3. The Morgan fingerprint density at radius 2 is 1.85 bits per heavy atom. The number of carbonyl (C=O) groups excluding carboxylic acids is 1. The van der Waals surface area contributed by atoms with E-state index in [1.165, 1.54) is 6.07 Å². The molecule has 140 valence electrons. The fourth-order valence-electron chi connectivity index (χ4n) is 2.46. The third-order valence-electron chi connectivity index (χ3n) is 3.69. The molecule has 1 heterocycles. The van der Waals surface area contributed by atoms with Gasteiger partial charge in [0.1, 0.15) is 0 Å². The molecule has 0 aliphatic heterocycles. The number of hydrogen-bond donors (Lipinski definition) is 1. The molecule has 0 radical (unpaired) electrons. The van der Waals surface area contributed by atoms with Crippen molar-refractivity contribution in [2.75, 3.05) is 5.32 Å². The number of nitrogens with one attached hydrogen (secondary N) is 1. The second-order valence-electron chi connectivity index (χ2n) is 7.49. The summed E-state index contributed by atoms with van der Waals surface area (Å²) in [7, 11) is -1.22. The Labute approximate surface area is 166 Å². The lowest BCUT2D eigenvalue weighted by Crippen LogP contribution is -2.26. The summed E-state index contributed by atoms with van der Waals surface area (Å²) in [5, 5.41) is 3.57. The van der Waals surface area contributed by atoms with Crippen LogP contribution in [0.15, 0.2) is 36.5 Å². The summed E-state index contributed by atoms with van der Waals surface area (Å²) in [4.78, 5) is 16.9. The van der Waals surface area contributed by atoms with Crippen LogP contribution >= 0.6 is 23.2 Å². The number of carbonyl (C=O) groups is 1. The third-order valence-corrected chi connectivity index (χ3v) is 5.24. The SMILES string of the molecule is C[SiH](C)OC(c1ccc(NC(=O)c2ccc(Cl)c(Cl)c2)cn1)C(C)(C)C. The molecule has 0 aliphatic rings. The van der Waals surface area contributed by atoms with Gasteiger partial charge in [-0.1, -0.05) is 44.0 Å². The van der Waals surface area contributed by atoms with Gasteiger partial charge in [0.05, 0.1) is 33.7 Å². The normalized spacial score (nSPS) is 12.9. The van der Waals surface area contributed by atoms with Crippen LogP contribution in [0.1, 0.15) is 42.9 Å². The quantitative estimate of drug-likeness (QED) is 0.640. The Morgan fingerprint density at radius 1 is 1.15 bits per heavy atom. The van der Waals surface area contributed by atoms with Crippen molar-refractivity contribution in [1.82, 2.24) is 4.98 Å². The van der Waals surface area contributed by atoms with Crippen molar-refractivity contribution in [2.24, 2.45) is 5.41 Å². The molecule has 26 heavy (non-hydrogen) atoms. The molecule has 0 fully saturated rings. The molecule has 0 aliphatic carbocycles. The summed E-state index contributed by atoms with van der Waals surface area (Å²) in [5.41, 5.74) is 1.85. The molecule has 0 saturated heterocycles. The molecule has 0 saturated carbocycles. The van der Waals surface area contributed by atoms with Gasteiger partial charge in [0, 0.05) is 5.56 Å². The lowest BCUT2D eigenvalue weighted by molar-refractivity contribution is 0.0827. The van der Waals surface area contributed by atoms with E-state index in [0.717, 1.165) is 5.69 Å². The molecule has 1 aromatic heterocycles. The molecular weight excluding hydrogens is 387 g/mol. The standard InChI is InChI=1S/C19H24Cl2N2O2Si/c1-19(2,3)17(25-26(4)5)16-9-7-13(11-22-16)23-18(24)12-6-8-14(20)15(21)10-12/h6-11,17,26H,1-5H3,(H,23,24). The van der Waals surface area contributed by atoms with E-state index in [-0.39, 0.29) is 17.4 Å². The van der Waals surface area contributed by atoms with Crippen molar-refractivity contribution in [3.63, 3.8) is 0 Å². The number of aromatic nitrogens is 1. The van der Waals surface area contributed by atoms with Crippen LogP contribution in [0.5, 0.6) is 0 Å². The predicted molar refractivity (Wildman–Crippen MR) is 111 cm³/mol. The summed E-state index contributed by atoms with van der Waals surface area (Å²) in [6, 6.07) is 8.50. The zero-order valence-electron chi connectivity index (χ0n) is 15.6. The Hall–Kier alpha value is -1.40. The highest BCUT2D eigenvalue weighted by Gasteiger charge is 2.29. The summed E-state index contributed by atoms with van der Waals surface area (Å²) < 4.78 is 6.18. The number of rotatable bonds is 5. The average molecular weight is 411 g/mol. The van der Waals surface area contributed by atoms with Gasteiger partial charge < -0.3 is 9.74 Å². The molecule has 2 rings (SSSR count). The van der Waals surface area contributed by atoms with Crippen molar-refractivity contribution >= 4 is 43.8 Å². The first-order chi connectivity index (χ1) is 12.1. The molecule has 1 aromatic carbocycles. The van der Waals surface area contributed by atoms with Crippen LogP contribution in [0.3, 0.4) is 0 Å². The first-order valence-electron chi connectivity index (χ1n) is 8.45. The average Bonchev–Trinajstić information content (AvgIpc) is 2.55. The van der Waals surface area contributed by atoms with Crippen LogP contribution in [-0.2, 0) is 4.43 Å². The van der Waals surface area contributed by atoms with E-state index in [0.29, 0.717) is 21.3 Å². The Morgan fingerprint density at radius 3 is 2.35 bits per heavy atom. The highest BCUT2D eigenvalue weighted by Crippen LogP contribution is 2.35. The van der Waals surface area contributed by atoms with Crippen LogP contribution in [0.25, 0.3) is 0 Å². The summed E-state index contributed by atoms with van der Waals surface area (Å²) in [5.74, 6) is -0.267. The molecule has 0 bridgehead atoms. The lowest BCUT2D eigenvalue weighted by Gasteiger charge is -2.32. The molecular formula is C19H24Cl2N2O2Si. The predicted octanol–water partition coefficient (Wildman–Crippen LogP) is 5.73. The Balaban J connectivity index is 2.15. The minimum absolute atomic E-state index is 0.0604. The van der Waals surface area contributed by atoms with Crippen LogP contribution in [0, 0.1) is 5.41 Å². The molecule has 2 aromatic rings. The van der Waals surface area contributed by atoms with E-state index >= 15 is 0 Å². The first-order valence-corrected chi connectivity index (χ1v) is 12.0. The molecule has 1 N–H and O–H groups in total. The van der Waals surface area contributed by atoms with Crippen molar-refractivity contribution in [2.45, 2.75) is 40.0 Å². The van der Waals surface area contributed by atoms with Gasteiger partial charge in [0.15, 0.2) is 9.04 Å². The summed E-state index contributed by atoms with van der Waals surface area (Å²) in [6.07, 6.45) is 1.57. The first kappa shape index (κ1) is 20.9. The molecule has 4 nitrogen and oxygen atoms in total. The Bertz CT molecular complexity index is 774. The largest absolute Gasteiger partial charge is 0.412 e. The minimum atomic E-state index is -1.22. The van der Waals surface area contributed by atoms with Gasteiger partial charge in [-0.3, -0.25) is 9.78 Å². The second-order valence-corrected chi connectivity index (χ2v) is 10.7. The van der Waals surface area contributed by atoms with Gasteiger partial charge in [-0.05, 0) is 48.8 Å². The lowest BCUT2D eigenvalue weighted by atomic mass is 9.87. The smallest absolute Gasteiger partial charge is 0.255 e. The van der Waals surface area contributed by atoms with Crippen LogP contribution < -0.4 is 5.32 Å². The van der Waals surface area contributed by atoms with Gasteiger partial charge in [-0.15, -0.1) is 0 Å². The number of pyridine rings is 1. The maximum Gasteiger partial charge on any atom is 0.255 e. The maximum absolute atomic E-state index is 12.3. The molecule has 0 spiro atoms. The van der Waals surface area contributed by atoms with Gasteiger partial charge in [0.2, 0.25) is 0 Å². The Kier molecular flexibility index (Phi) is 6.85. The van der Waals surface area contributed by atoms with E-state index in [9.17, 15) is 4.79 Å².